The summed E-state index contributed by atoms with van der Waals surface area (Å²) in [7, 11) is 0. The molecule has 0 aliphatic rings. The number of nitrogens with one attached hydrogen (secondary N) is 2. The predicted octanol–water partition coefficient (Wildman–Crippen LogP) is 5.84. The van der Waals surface area contributed by atoms with Crippen LogP contribution >= 0.6 is 23.1 Å². The Bertz CT molecular complexity index is 1410. The van der Waals surface area contributed by atoms with E-state index >= 15 is 0 Å². The van der Waals surface area contributed by atoms with Crippen molar-refractivity contribution in [2.75, 3.05) is 16.4 Å². The van der Waals surface area contributed by atoms with E-state index in [2.05, 4.69) is 15.6 Å². The molecule has 0 atom stereocenters. The molecule has 4 rings (SSSR count). The highest BCUT2D eigenvalue weighted by Crippen LogP contribution is 2.28. The largest absolute Gasteiger partial charge is 0.322 e. The van der Waals surface area contributed by atoms with Gasteiger partial charge in [0.05, 0.1) is 21.9 Å². The van der Waals surface area contributed by atoms with Crippen LogP contribution in [-0.2, 0) is 4.79 Å². The summed E-state index contributed by atoms with van der Waals surface area (Å²) in [5, 5.41) is 18.4. The van der Waals surface area contributed by atoms with Gasteiger partial charge in [0.1, 0.15) is 5.82 Å². The van der Waals surface area contributed by atoms with Gasteiger partial charge in [-0.25, -0.2) is 9.37 Å². The Balaban J connectivity index is 1.33. The zero-order valence-electron chi connectivity index (χ0n) is 17.9. The lowest BCUT2D eigenvalue weighted by Gasteiger charge is -2.08. The molecule has 0 aliphatic heterocycles. The quantitative estimate of drug-likeness (QED) is 0.176. The lowest BCUT2D eigenvalue weighted by Crippen LogP contribution is -2.14. The fraction of sp³-hybridized carbons (Fsp3) is 0.0417. The van der Waals surface area contributed by atoms with Gasteiger partial charge < -0.3 is 10.6 Å². The van der Waals surface area contributed by atoms with Crippen LogP contribution in [0.15, 0.2) is 83.1 Å². The average molecular weight is 509 g/mol. The highest BCUT2D eigenvalue weighted by Gasteiger charge is 2.13. The number of anilines is 2. The lowest BCUT2D eigenvalue weighted by atomic mass is 10.1. The van der Waals surface area contributed by atoms with Crippen molar-refractivity contribution in [3.8, 4) is 11.3 Å². The Kier molecular flexibility index (Phi) is 7.48. The van der Waals surface area contributed by atoms with E-state index in [0.29, 0.717) is 22.1 Å². The van der Waals surface area contributed by atoms with Crippen molar-refractivity contribution in [1.82, 2.24) is 4.98 Å². The summed E-state index contributed by atoms with van der Waals surface area (Å²) < 4.78 is 13.8. The number of benzene rings is 3. The van der Waals surface area contributed by atoms with Crippen LogP contribution in [0.1, 0.15) is 10.4 Å². The van der Waals surface area contributed by atoms with Gasteiger partial charge >= 0.3 is 0 Å². The molecule has 4 aromatic rings. The van der Waals surface area contributed by atoms with Gasteiger partial charge in [-0.3, -0.25) is 19.7 Å². The van der Waals surface area contributed by atoms with Gasteiger partial charge in [0.25, 0.3) is 11.6 Å². The van der Waals surface area contributed by atoms with Crippen LogP contribution in [0.3, 0.4) is 0 Å². The third-order valence-corrected chi connectivity index (χ3v) is 6.44. The van der Waals surface area contributed by atoms with Crippen LogP contribution in [0.5, 0.6) is 0 Å². The van der Waals surface area contributed by atoms with E-state index in [9.17, 15) is 24.1 Å². The topological polar surface area (TPSA) is 114 Å². The Labute approximate surface area is 207 Å². The number of hydrogen-bond acceptors (Lipinski definition) is 7. The molecule has 0 radical (unpaired) electrons. The fourth-order valence-corrected chi connectivity index (χ4v) is 4.55. The average Bonchev–Trinajstić information content (AvgIpc) is 3.32. The van der Waals surface area contributed by atoms with Gasteiger partial charge in [-0.05, 0) is 30.3 Å². The number of nitro groups is 1. The number of hydrogen-bond donors (Lipinski definition) is 2. The van der Waals surface area contributed by atoms with Crippen molar-refractivity contribution in [2.45, 2.75) is 4.90 Å². The normalized spacial score (nSPS) is 10.5. The summed E-state index contributed by atoms with van der Waals surface area (Å²) >= 11 is 2.48. The zero-order chi connectivity index (χ0) is 24.8. The fourth-order valence-electron chi connectivity index (χ4n) is 3.05. The molecule has 2 amide bonds. The molecule has 8 nitrogen and oxygen atoms in total. The van der Waals surface area contributed by atoms with Crippen LogP contribution in [0.2, 0.25) is 0 Å². The standard InChI is InChI=1S/C24H17FN4O4S2/c25-20-10-2-1-9-19(20)23(31)26-16-6-4-8-18(12-16)34-14-22(30)28-24-27-21(13-35-24)15-5-3-7-17(11-15)29(32)33/h1-13H,14H2,(H,26,31)(H,27,28,30). The first-order valence-electron chi connectivity index (χ1n) is 10.2. The number of rotatable bonds is 8. The maximum atomic E-state index is 13.8. The second-order valence-corrected chi connectivity index (χ2v) is 9.05. The first kappa shape index (κ1) is 24.0. The number of thioether (sulfide) groups is 1. The van der Waals surface area contributed by atoms with Gasteiger partial charge in [0, 0.05) is 33.7 Å². The number of carbonyl (C=O) groups excluding carboxylic acids is 2. The number of carbonyl (C=O) groups is 2. The van der Waals surface area contributed by atoms with Crippen LogP contribution in [0, 0.1) is 15.9 Å². The van der Waals surface area contributed by atoms with E-state index in [1.807, 2.05) is 0 Å². The molecule has 176 valence electrons. The van der Waals surface area contributed by atoms with E-state index in [1.165, 1.54) is 53.4 Å². The minimum atomic E-state index is -0.608. The van der Waals surface area contributed by atoms with E-state index in [-0.39, 0.29) is 22.9 Å². The Morgan fingerprint density at radius 1 is 1.03 bits per heavy atom. The number of amides is 2. The van der Waals surface area contributed by atoms with Crippen molar-refractivity contribution in [3.05, 3.63) is 99.7 Å². The Morgan fingerprint density at radius 3 is 2.63 bits per heavy atom. The molecule has 1 aromatic heterocycles. The molecule has 11 heteroatoms. The maximum Gasteiger partial charge on any atom is 0.270 e. The molecule has 0 bridgehead atoms. The zero-order valence-corrected chi connectivity index (χ0v) is 19.6. The minimum Gasteiger partial charge on any atom is -0.322 e. The minimum absolute atomic E-state index is 0.0372. The van der Waals surface area contributed by atoms with Gasteiger partial charge in [-0.2, -0.15) is 0 Å². The lowest BCUT2D eigenvalue weighted by molar-refractivity contribution is -0.384. The van der Waals surface area contributed by atoms with Crippen molar-refractivity contribution >= 4 is 51.4 Å². The number of aromatic nitrogens is 1. The van der Waals surface area contributed by atoms with Gasteiger partial charge in [-0.1, -0.05) is 30.3 Å². The molecule has 0 aliphatic carbocycles. The molecule has 0 fully saturated rings. The molecule has 0 saturated heterocycles. The summed E-state index contributed by atoms with van der Waals surface area (Å²) in [6.07, 6.45) is 0. The van der Waals surface area contributed by atoms with Gasteiger partial charge in [0.2, 0.25) is 5.91 Å². The maximum absolute atomic E-state index is 13.8. The number of nitrogens with zero attached hydrogens (tertiary/aromatic N) is 2. The molecular weight excluding hydrogens is 491 g/mol. The summed E-state index contributed by atoms with van der Waals surface area (Å²) in [5.74, 6) is -1.36. The van der Waals surface area contributed by atoms with Crippen molar-refractivity contribution in [2.24, 2.45) is 0 Å². The van der Waals surface area contributed by atoms with Crippen molar-refractivity contribution in [1.29, 1.82) is 0 Å². The van der Waals surface area contributed by atoms with E-state index in [1.54, 1.807) is 47.8 Å². The monoisotopic (exact) mass is 508 g/mol. The molecule has 1 heterocycles. The second kappa shape index (κ2) is 10.9. The predicted molar refractivity (Wildman–Crippen MR) is 134 cm³/mol. The van der Waals surface area contributed by atoms with Crippen LogP contribution in [-0.4, -0.2) is 27.5 Å². The molecule has 2 N–H and O–H groups in total. The summed E-state index contributed by atoms with van der Waals surface area (Å²) in [6, 6.07) is 18.7. The first-order chi connectivity index (χ1) is 16.9. The van der Waals surface area contributed by atoms with Crippen molar-refractivity contribution in [3.63, 3.8) is 0 Å². The van der Waals surface area contributed by atoms with Crippen LogP contribution in [0.4, 0.5) is 20.9 Å². The summed E-state index contributed by atoms with van der Waals surface area (Å²) in [5.41, 5.74) is 1.49. The van der Waals surface area contributed by atoms with E-state index < -0.39 is 16.6 Å². The number of non-ortho nitro benzene ring substituents is 1. The summed E-state index contributed by atoms with van der Waals surface area (Å²) in [4.78, 5) is 40.3. The SMILES string of the molecule is O=C(CSc1cccc(NC(=O)c2ccccc2F)c1)Nc1nc(-c2cccc([N+](=O)[O-])c2)cs1. The van der Waals surface area contributed by atoms with Crippen LogP contribution in [0.25, 0.3) is 11.3 Å². The number of thiazole rings is 1. The highest BCUT2D eigenvalue weighted by atomic mass is 32.2. The van der Waals surface area contributed by atoms with Gasteiger partial charge in [0.15, 0.2) is 5.13 Å². The van der Waals surface area contributed by atoms with Crippen molar-refractivity contribution < 1.29 is 18.9 Å². The third kappa shape index (κ3) is 6.28. The Morgan fingerprint density at radius 2 is 1.83 bits per heavy atom. The molecule has 0 saturated carbocycles. The Hall–Kier alpha value is -4.09. The smallest absolute Gasteiger partial charge is 0.270 e. The number of halogens is 1. The third-order valence-electron chi connectivity index (χ3n) is 4.68. The molecular formula is C24H17FN4O4S2. The van der Waals surface area contributed by atoms with E-state index in [0.717, 1.165) is 4.90 Å². The van der Waals surface area contributed by atoms with Crippen LogP contribution < -0.4 is 10.6 Å². The van der Waals surface area contributed by atoms with Gasteiger partial charge in [-0.15, -0.1) is 23.1 Å². The molecule has 3 aromatic carbocycles. The molecule has 0 unspecified atom stereocenters. The summed E-state index contributed by atoms with van der Waals surface area (Å²) in [6.45, 7) is 0. The van der Waals surface area contributed by atoms with E-state index in [4.69, 9.17) is 0 Å². The molecule has 35 heavy (non-hydrogen) atoms. The molecule has 0 spiro atoms. The highest BCUT2D eigenvalue weighted by molar-refractivity contribution is 8.00. The number of nitro benzene ring substituents is 1. The second-order valence-electron chi connectivity index (χ2n) is 7.14. The first-order valence-corrected chi connectivity index (χ1v) is 12.0.